The topological polar surface area (TPSA) is 55.4 Å². The summed E-state index contributed by atoms with van der Waals surface area (Å²) >= 11 is 0. The van der Waals surface area contributed by atoms with Crippen molar-refractivity contribution in [3.63, 3.8) is 0 Å². The van der Waals surface area contributed by atoms with E-state index in [1.165, 1.54) is 6.92 Å². The molecule has 4 nitrogen and oxygen atoms in total. The Morgan fingerprint density at radius 3 is 2.38 bits per heavy atom. The lowest BCUT2D eigenvalue weighted by Crippen LogP contribution is -2.23. The van der Waals surface area contributed by atoms with Crippen LogP contribution in [0.15, 0.2) is 66.7 Å². The van der Waals surface area contributed by atoms with E-state index in [0.29, 0.717) is 11.3 Å². The van der Waals surface area contributed by atoms with Crippen LogP contribution < -0.4 is 10.1 Å². The molecule has 120 valence electrons. The van der Waals surface area contributed by atoms with Gasteiger partial charge in [-0.15, -0.1) is 0 Å². The van der Waals surface area contributed by atoms with Crippen LogP contribution in [0.4, 0.5) is 0 Å². The van der Waals surface area contributed by atoms with Gasteiger partial charge in [-0.25, -0.2) is 0 Å². The average Bonchev–Trinajstić information content (AvgIpc) is 2.60. The van der Waals surface area contributed by atoms with Crippen LogP contribution in [0.5, 0.6) is 5.75 Å². The summed E-state index contributed by atoms with van der Waals surface area (Å²) in [4.78, 5) is 23.6. The first-order valence-corrected chi connectivity index (χ1v) is 7.67. The van der Waals surface area contributed by atoms with E-state index in [4.69, 9.17) is 4.74 Å². The Kier molecular flexibility index (Phi) is 4.57. The van der Waals surface area contributed by atoms with Crippen molar-refractivity contribution in [3.05, 3.63) is 77.9 Å². The zero-order valence-corrected chi connectivity index (χ0v) is 13.3. The lowest BCUT2D eigenvalue weighted by molar-refractivity contribution is -0.131. The lowest BCUT2D eigenvalue weighted by atomic mass is 10.0. The van der Waals surface area contributed by atoms with Crippen molar-refractivity contribution in [2.24, 2.45) is 0 Å². The van der Waals surface area contributed by atoms with E-state index in [9.17, 15) is 9.59 Å². The number of benzene rings is 3. The van der Waals surface area contributed by atoms with Crippen molar-refractivity contribution in [3.8, 4) is 5.75 Å². The molecule has 0 heterocycles. The maximum Gasteiger partial charge on any atom is 0.308 e. The summed E-state index contributed by atoms with van der Waals surface area (Å²) in [6.45, 7) is 1.64. The molecule has 24 heavy (non-hydrogen) atoms. The number of ether oxygens (including phenoxy) is 1. The van der Waals surface area contributed by atoms with Crippen LogP contribution >= 0.6 is 0 Å². The number of carbonyl (C=O) groups excluding carboxylic acids is 2. The van der Waals surface area contributed by atoms with E-state index in [2.05, 4.69) is 5.32 Å². The molecule has 3 aromatic rings. The Morgan fingerprint density at radius 1 is 0.917 bits per heavy atom. The molecule has 0 atom stereocenters. The van der Waals surface area contributed by atoms with Crippen LogP contribution in [0.25, 0.3) is 10.8 Å². The van der Waals surface area contributed by atoms with Gasteiger partial charge in [-0.2, -0.15) is 0 Å². The first kappa shape index (κ1) is 15.7. The van der Waals surface area contributed by atoms with Crippen molar-refractivity contribution in [2.45, 2.75) is 13.5 Å². The maximum atomic E-state index is 12.3. The van der Waals surface area contributed by atoms with E-state index in [0.717, 1.165) is 16.3 Å². The summed E-state index contributed by atoms with van der Waals surface area (Å²) in [5.41, 5.74) is 1.37. The second kappa shape index (κ2) is 6.96. The van der Waals surface area contributed by atoms with E-state index >= 15 is 0 Å². The molecule has 0 aliphatic rings. The molecular formula is C20H17NO3. The summed E-state index contributed by atoms with van der Waals surface area (Å²) in [5, 5.41) is 4.86. The number of fused-ring (bicyclic) bond motifs is 1. The fraction of sp³-hybridized carbons (Fsp3) is 0.100. The Balaban J connectivity index is 1.91. The Labute approximate surface area is 140 Å². The number of nitrogens with one attached hydrogen (secondary N) is 1. The first-order valence-electron chi connectivity index (χ1n) is 7.67. The molecule has 0 saturated carbocycles. The van der Waals surface area contributed by atoms with E-state index in [1.54, 1.807) is 18.2 Å². The minimum Gasteiger partial charge on any atom is -0.426 e. The molecule has 0 fully saturated rings. The fourth-order valence-corrected chi connectivity index (χ4v) is 2.61. The molecule has 0 aliphatic carbocycles. The van der Waals surface area contributed by atoms with Crippen molar-refractivity contribution in [2.75, 3.05) is 0 Å². The molecule has 0 aliphatic heterocycles. The molecule has 4 heteroatoms. The van der Waals surface area contributed by atoms with E-state index in [1.807, 2.05) is 48.5 Å². The molecule has 1 N–H and O–H groups in total. The number of amides is 1. The Hall–Kier alpha value is -3.14. The van der Waals surface area contributed by atoms with E-state index < -0.39 is 0 Å². The van der Waals surface area contributed by atoms with Gasteiger partial charge in [0.15, 0.2) is 0 Å². The second-order valence-corrected chi connectivity index (χ2v) is 5.41. The summed E-state index contributed by atoms with van der Waals surface area (Å²) in [6, 6.07) is 20.5. The summed E-state index contributed by atoms with van der Waals surface area (Å²) in [5.74, 6) is -0.0900. The number of rotatable bonds is 4. The lowest BCUT2D eigenvalue weighted by Gasteiger charge is -2.13. The zero-order valence-electron chi connectivity index (χ0n) is 13.3. The quantitative estimate of drug-likeness (QED) is 0.589. The Bertz CT molecular complexity index is 888. The number of carbonyl (C=O) groups is 2. The van der Waals surface area contributed by atoms with Gasteiger partial charge in [-0.1, -0.05) is 48.5 Å². The largest absolute Gasteiger partial charge is 0.426 e. The van der Waals surface area contributed by atoms with Gasteiger partial charge in [0, 0.05) is 24.6 Å². The first-order chi connectivity index (χ1) is 11.6. The second-order valence-electron chi connectivity index (χ2n) is 5.41. The predicted molar refractivity (Wildman–Crippen MR) is 92.9 cm³/mol. The minimum atomic E-state index is -0.388. The third-order valence-corrected chi connectivity index (χ3v) is 3.71. The van der Waals surface area contributed by atoms with Crippen molar-refractivity contribution in [1.82, 2.24) is 5.32 Å². The molecule has 3 rings (SSSR count). The maximum absolute atomic E-state index is 12.3. The van der Waals surface area contributed by atoms with Crippen LogP contribution in [0, 0.1) is 0 Å². The Morgan fingerprint density at radius 2 is 1.62 bits per heavy atom. The molecule has 0 saturated heterocycles. The summed E-state index contributed by atoms with van der Waals surface area (Å²) in [6.07, 6.45) is 0. The van der Waals surface area contributed by atoms with Gasteiger partial charge < -0.3 is 10.1 Å². The SMILES string of the molecule is CC(=O)Oc1ccc2ccccc2c1CNC(=O)c1ccccc1. The van der Waals surface area contributed by atoms with Crippen LogP contribution in [0.1, 0.15) is 22.8 Å². The van der Waals surface area contributed by atoms with Gasteiger partial charge in [-0.3, -0.25) is 9.59 Å². The highest BCUT2D eigenvalue weighted by Gasteiger charge is 2.12. The highest BCUT2D eigenvalue weighted by Crippen LogP contribution is 2.28. The van der Waals surface area contributed by atoms with Crippen molar-refractivity contribution < 1.29 is 14.3 Å². The predicted octanol–water partition coefficient (Wildman–Crippen LogP) is 3.70. The summed E-state index contributed by atoms with van der Waals surface area (Å²) < 4.78 is 5.30. The van der Waals surface area contributed by atoms with Crippen LogP contribution in [0.2, 0.25) is 0 Å². The molecule has 0 spiro atoms. The van der Waals surface area contributed by atoms with Crippen LogP contribution in [0.3, 0.4) is 0 Å². The number of hydrogen-bond acceptors (Lipinski definition) is 3. The summed E-state index contributed by atoms with van der Waals surface area (Å²) in [7, 11) is 0. The van der Waals surface area contributed by atoms with Gasteiger partial charge in [0.25, 0.3) is 5.91 Å². The zero-order chi connectivity index (χ0) is 16.9. The van der Waals surface area contributed by atoms with Crippen molar-refractivity contribution in [1.29, 1.82) is 0 Å². The third-order valence-electron chi connectivity index (χ3n) is 3.71. The highest BCUT2D eigenvalue weighted by molar-refractivity contribution is 5.95. The smallest absolute Gasteiger partial charge is 0.308 e. The molecule has 0 bridgehead atoms. The third kappa shape index (κ3) is 3.43. The minimum absolute atomic E-state index is 0.169. The van der Waals surface area contributed by atoms with Gasteiger partial charge >= 0.3 is 5.97 Å². The molecule has 0 unspecified atom stereocenters. The van der Waals surface area contributed by atoms with Gasteiger partial charge in [-0.05, 0) is 29.0 Å². The molecule has 1 amide bonds. The van der Waals surface area contributed by atoms with Crippen molar-refractivity contribution >= 4 is 22.6 Å². The monoisotopic (exact) mass is 319 g/mol. The molecular weight excluding hydrogens is 302 g/mol. The standard InChI is InChI=1S/C20H17NO3/c1-14(22)24-19-12-11-15-7-5-6-10-17(15)18(19)13-21-20(23)16-8-3-2-4-9-16/h2-12H,13H2,1H3,(H,21,23). The average molecular weight is 319 g/mol. The molecule has 0 radical (unpaired) electrons. The highest BCUT2D eigenvalue weighted by atomic mass is 16.5. The number of esters is 1. The van der Waals surface area contributed by atoms with Crippen LogP contribution in [-0.4, -0.2) is 11.9 Å². The molecule has 0 aromatic heterocycles. The van der Waals surface area contributed by atoms with Gasteiger partial charge in [0.2, 0.25) is 0 Å². The van der Waals surface area contributed by atoms with Gasteiger partial charge in [0.1, 0.15) is 5.75 Å². The van der Waals surface area contributed by atoms with Gasteiger partial charge in [0.05, 0.1) is 0 Å². The number of hydrogen-bond donors (Lipinski definition) is 1. The van der Waals surface area contributed by atoms with E-state index in [-0.39, 0.29) is 18.4 Å². The molecule has 3 aromatic carbocycles. The fourth-order valence-electron chi connectivity index (χ4n) is 2.61. The normalized spacial score (nSPS) is 10.4. The van der Waals surface area contributed by atoms with Crippen LogP contribution in [-0.2, 0) is 11.3 Å².